The summed E-state index contributed by atoms with van der Waals surface area (Å²) in [6.07, 6.45) is 8.10. The van der Waals surface area contributed by atoms with Gasteiger partial charge in [0.05, 0.1) is 11.8 Å². The van der Waals surface area contributed by atoms with Gasteiger partial charge in [0.1, 0.15) is 0 Å². The number of thioether (sulfide) groups is 1. The molecule has 1 aliphatic rings. The molecule has 4 heteroatoms. The molecule has 1 N–H and O–H groups in total. The third kappa shape index (κ3) is 2.30. The first-order valence-corrected chi connectivity index (χ1v) is 6.00. The molecule has 0 radical (unpaired) electrons. The Morgan fingerprint density at radius 3 is 2.86 bits per heavy atom. The number of nitrogens with zero attached hydrogens (tertiary/aromatic N) is 2. The summed E-state index contributed by atoms with van der Waals surface area (Å²) in [5, 5.41) is 14.2. The third-order valence-electron chi connectivity index (χ3n) is 2.72. The summed E-state index contributed by atoms with van der Waals surface area (Å²) in [5.41, 5.74) is -0.416. The molecule has 0 atom stereocenters. The van der Waals surface area contributed by atoms with Crippen LogP contribution in [0.25, 0.3) is 0 Å². The molecule has 0 amide bonds. The van der Waals surface area contributed by atoms with Crippen molar-refractivity contribution < 1.29 is 5.11 Å². The maximum absolute atomic E-state index is 10.1. The van der Waals surface area contributed by atoms with Crippen LogP contribution < -0.4 is 0 Å². The maximum atomic E-state index is 10.1. The molecular formula is C10H16N2OS. The van der Waals surface area contributed by atoms with Crippen molar-refractivity contribution in [1.29, 1.82) is 0 Å². The first-order chi connectivity index (χ1) is 6.68. The Morgan fingerprint density at radius 2 is 2.29 bits per heavy atom. The van der Waals surface area contributed by atoms with E-state index in [1.807, 2.05) is 19.4 Å². The molecule has 0 aliphatic heterocycles. The fraction of sp³-hybridized carbons (Fsp3) is 0.700. The second-order valence-electron chi connectivity index (χ2n) is 4.07. The highest BCUT2D eigenvalue weighted by atomic mass is 32.2. The monoisotopic (exact) mass is 212 g/mol. The highest BCUT2D eigenvalue weighted by molar-refractivity contribution is 7.99. The number of hydrogen-bond acceptors (Lipinski definition) is 3. The average Bonchev–Trinajstić information content (AvgIpc) is 2.73. The van der Waals surface area contributed by atoms with Crippen molar-refractivity contribution in [2.45, 2.75) is 36.2 Å². The quantitative estimate of drug-likeness (QED) is 0.777. The van der Waals surface area contributed by atoms with Crippen molar-refractivity contribution in [3.05, 3.63) is 12.4 Å². The summed E-state index contributed by atoms with van der Waals surface area (Å²) in [6.45, 7) is 0. The fourth-order valence-electron chi connectivity index (χ4n) is 1.87. The lowest BCUT2D eigenvalue weighted by Gasteiger charge is -2.20. The molecule has 0 unspecified atom stereocenters. The van der Waals surface area contributed by atoms with Crippen LogP contribution in [0.3, 0.4) is 0 Å². The average molecular weight is 212 g/mol. The first kappa shape index (κ1) is 10.1. The third-order valence-corrected chi connectivity index (χ3v) is 3.95. The minimum atomic E-state index is -0.416. The van der Waals surface area contributed by atoms with Crippen LogP contribution in [0, 0.1) is 0 Å². The Hall–Kier alpha value is -0.480. The lowest BCUT2D eigenvalue weighted by molar-refractivity contribution is 0.0732. The van der Waals surface area contributed by atoms with Crippen molar-refractivity contribution >= 4 is 11.8 Å². The van der Waals surface area contributed by atoms with E-state index in [1.165, 1.54) is 12.8 Å². The Labute approximate surface area is 88.5 Å². The van der Waals surface area contributed by atoms with E-state index < -0.39 is 5.60 Å². The Balaban J connectivity index is 1.87. The van der Waals surface area contributed by atoms with E-state index in [2.05, 4.69) is 5.10 Å². The Bertz CT molecular complexity index is 305. The van der Waals surface area contributed by atoms with Crippen LogP contribution in [0.15, 0.2) is 17.3 Å². The largest absolute Gasteiger partial charge is 0.389 e. The molecule has 1 heterocycles. The van der Waals surface area contributed by atoms with Gasteiger partial charge < -0.3 is 5.11 Å². The van der Waals surface area contributed by atoms with Crippen LogP contribution >= 0.6 is 11.8 Å². The standard InChI is InChI=1S/C10H16N2OS/c1-12-7-9(6-11-12)14-8-10(13)4-2-3-5-10/h6-7,13H,2-5,8H2,1H3. The highest BCUT2D eigenvalue weighted by Crippen LogP contribution is 2.34. The zero-order valence-electron chi connectivity index (χ0n) is 8.44. The van der Waals surface area contributed by atoms with Crippen LogP contribution in [0.5, 0.6) is 0 Å². The molecule has 0 bridgehead atoms. The Morgan fingerprint density at radius 1 is 1.57 bits per heavy atom. The molecular weight excluding hydrogens is 196 g/mol. The lowest BCUT2D eigenvalue weighted by atomic mass is 10.1. The molecule has 2 rings (SSSR count). The number of rotatable bonds is 3. The van der Waals surface area contributed by atoms with E-state index in [9.17, 15) is 5.11 Å². The van der Waals surface area contributed by atoms with Gasteiger partial charge in [0.2, 0.25) is 0 Å². The minimum absolute atomic E-state index is 0.416. The minimum Gasteiger partial charge on any atom is -0.389 e. The molecule has 0 aromatic carbocycles. The van der Waals surface area contributed by atoms with Crippen LogP contribution in [-0.2, 0) is 7.05 Å². The number of hydrogen-bond donors (Lipinski definition) is 1. The van der Waals surface area contributed by atoms with Crippen molar-refractivity contribution in [1.82, 2.24) is 9.78 Å². The fourth-order valence-corrected chi connectivity index (χ4v) is 2.94. The highest BCUT2D eigenvalue weighted by Gasteiger charge is 2.30. The summed E-state index contributed by atoms with van der Waals surface area (Å²) in [5.74, 6) is 0.804. The van der Waals surface area contributed by atoms with E-state index in [0.717, 1.165) is 23.5 Å². The molecule has 0 spiro atoms. The molecule has 1 aromatic heterocycles. The predicted molar refractivity (Wildman–Crippen MR) is 57.3 cm³/mol. The molecule has 0 saturated heterocycles. The summed E-state index contributed by atoms with van der Waals surface area (Å²) < 4.78 is 1.79. The van der Waals surface area contributed by atoms with Gasteiger partial charge in [0.25, 0.3) is 0 Å². The zero-order chi connectivity index (χ0) is 10.0. The van der Waals surface area contributed by atoms with E-state index in [-0.39, 0.29) is 0 Å². The second-order valence-corrected chi connectivity index (χ2v) is 5.12. The van der Waals surface area contributed by atoms with Gasteiger partial charge in [-0.3, -0.25) is 4.68 Å². The van der Waals surface area contributed by atoms with Gasteiger partial charge in [-0.2, -0.15) is 5.10 Å². The molecule has 1 fully saturated rings. The predicted octanol–water partition coefficient (Wildman–Crippen LogP) is 1.82. The normalized spacial score (nSPS) is 20.1. The Kier molecular flexibility index (Phi) is 2.83. The van der Waals surface area contributed by atoms with E-state index in [1.54, 1.807) is 16.4 Å². The number of aromatic nitrogens is 2. The van der Waals surface area contributed by atoms with E-state index in [4.69, 9.17) is 0 Å². The molecule has 14 heavy (non-hydrogen) atoms. The van der Waals surface area contributed by atoms with Gasteiger partial charge in [-0.1, -0.05) is 12.8 Å². The zero-order valence-corrected chi connectivity index (χ0v) is 9.26. The topological polar surface area (TPSA) is 38.0 Å². The lowest BCUT2D eigenvalue weighted by Crippen LogP contribution is -2.26. The van der Waals surface area contributed by atoms with Crippen molar-refractivity contribution in [3.63, 3.8) is 0 Å². The van der Waals surface area contributed by atoms with Gasteiger partial charge in [-0.25, -0.2) is 0 Å². The number of aryl methyl sites for hydroxylation is 1. The van der Waals surface area contributed by atoms with Gasteiger partial charge >= 0.3 is 0 Å². The van der Waals surface area contributed by atoms with Gasteiger partial charge in [-0.15, -0.1) is 11.8 Å². The first-order valence-electron chi connectivity index (χ1n) is 5.02. The van der Waals surface area contributed by atoms with Crippen molar-refractivity contribution in [2.24, 2.45) is 7.05 Å². The van der Waals surface area contributed by atoms with Crippen LogP contribution in [0.4, 0.5) is 0 Å². The summed E-state index contributed by atoms with van der Waals surface area (Å²) in [6, 6.07) is 0. The van der Waals surface area contributed by atoms with Gasteiger partial charge in [0, 0.05) is 23.9 Å². The van der Waals surface area contributed by atoms with Crippen LogP contribution in [0.2, 0.25) is 0 Å². The molecule has 78 valence electrons. The molecule has 1 aromatic rings. The summed E-state index contributed by atoms with van der Waals surface area (Å²) in [4.78, 5) is 1.15. The smallest absolute Gasteiger partial charge is 0.0741 e. The second kappa shape index (κ2) is 3.95. The van der Waals surface area contributed by atoms with Crippen molar-refractivity contribution in [3.8, 4) is 0 Å². The van der Waals surface area contributed by atoms with Crippen LogP contribution in [0.1, 0.15) is 25.7 Å². The van der Waals surface area contributed by atoms with Crippen molar-refractivity contribution in [2.75, 3.05) is 5.75 Å². The van der Waals surface area contributed by atoms with E-state index >= 15 is 0 Å². The molecule has 1 aliphatic carbocycles. The van der Waals surface area contributed by atoms with Gasteiger partial charge in [0.15, 0.2) is 0 Å². The van der Waals surface area contributed by atoms with Crippen LogP contribution in [-0.4, -0.2) is 26.2 Å². The van der Waals surface area contributed by atoms with Gasteiger partial charge in [-0.05, 0) is 12.8 Å². The SMILES string of the molecule is Cn1cc(SCC2(O)CCCC2)cn1. The number of aliphatic hydroxyl groups is 1. The molecule has 1 saturated carbocycles. The maximum Gasteiger partial charge on any atom is 0.0741 e. The molecule has 3 nitrogen and oxygen atoms in total. The summed E-state index contributed by atoms with van der Waals surface area (Å²) >= 11 is 1.70. The van der Waals surface area contributed by atoms with E-state index in [0.29, 0.717) is 0 Å². The summed E-state index contributed by atoms with van der Waals surface area (Å²) in [7, 11) is 1.91.